The number of hydrogen-bond acceptors (Lipinski definition) is 5. The van der Waals surface area contributed by atoms with E-state index in [1.165, 1.54) is 17.5 Å². The molecular formula is C14H19NO5S. The molecule has 0 amide bonds. The van der Waals surface area contributed by atoms with E-state index in [2.05, 4.69) is 0 Å². The number of carbonyl (C=O) groups is 1. The molecule has 1 aliphatic rings. The van der Waals surface area contributed by atoms with Gasteiger partial charge >= 0.3 is 5.97 Å². The fourth-order valence-corrected chi connectivity index (χ4v) is 3.85. The van der Waals surface area contributed by atoms with E-state index >= 15 is 0 Å². The summed E-state index contributed by atoms with van der Waals surface area (Å²) < 4.78 is 36.7. The van der Waals surface area contributed by atoms with Crippen molar-refractivity contribution in [2.45, 2.75) is 30.7 Å². The van der Waals surface area contributed by atoms with Gasteiger partial charge in [-0.2, -0.15) is 4.31 Å². The topological polar surface area (TPSA) is 72.9 Å². The number of nitrogens with zero attached hydrogens (tertiary/aromatic N) is 1. The van der Waals surface area contributed by atoms with Crippen LogP contribution in [0.25, 0.3) is 0 Å². The zero-order valence-electron chi connectivity index (χ0n) is 12.1. The molecule has 116 valence electrons. The van der Waals surface area contributed by atoms with Crippen molar-refractivity contribution < 1.29 is 22.7 Å². The molecule has 0 heterocycles. The molecule has 1 aromatic rings. The van der Waals surface area contributed by atoms with Gasteiger partial charge in [-0.05, 0) is 31.9 Å². The van der Waals surface area contributed by atoms with Gasteiger partial charge in [-0.1, -0.05) is 12.1 Å². The Balaban J connectivity index is 2.32. The maximum Gasteiger partial charge on any atom is 0.321 e. The van der Waals surface area contributed by atoms with Crippen LogP contribution in [0.5, 0.6) is 5.75 Å². The van der Waals surface area contributed by atoms with Gasteiger partial charge in [0.1, 0.15) is 17.2 Å². The third-order valence-corrected chi connectivity index (χ3v) is 5.14. The monoisotopic (exact) mass is 313 g/mol. The number of esters is 1. The molecule has 0 bridgehead atoms. The van der Waals surface area contributed by atoms with Crippen molar-refractivity contribution in [2.24, 2.45) is 0 Å². The summed E-state index contributed by atoms with van der Waals surface area (Å²) in [5.41, 5.74) is 0. The highest BCUT2D eigenvalue weighted by Gasteiger charge is 2.40. The fraction of sp³-hybridized carbons (Fsp3) is 0.500. The van der Waals surface area contributed by atoms with Gasteiger partial charge in [0.2, 0.25) is 10.0 Å². The maximum atomic E-state index is 12.8. The number of hydrogen-bond donors (Lipinski definition) is 0. The third-order valence-electron chi connectivity index (χ3n) is 3.20. The van der Waals surface area contributed by atoms with E-state index in [4.69, 9.17) is 9.47 Å². The number of para-hydroxylation sites is 1. The van der Waals surface area contributed by atoms with E-state index in [1.807, 2.05) is 0 Å². The fourth-order valence-electron chi connectivity index (χ4n) is 2.06. The molecule has 1 aliphatic carbocycles. The van der Waals surface area contributed by atoms with Crippen molar-refractivity contribution in [3.05, 3.63) is 24.3 Å². The zero-order chi connectivity index (χ0) is 15.5. The van der Waals surface area contributed by atoms with Crippen LogP contribution in [0.4, 0.5) is 0 Å². The van der Waals surface area contributed by atoms with Crippen molar-refractivity contribution in [3.8, 4) is 5.75 Å². The molecule has 0 aliphatic heterocycles. The largest absolute Gasteiger partial charge is 0.495 e. The van der Waals surface area contributed by atoms with Crippen LogP contribution in [-0.4, -0.2) is 45.0 Å². The van der Waals surface area contributed by atoms with Gasteiger partial charge in [-0.3, -0.25) is 4.79 Å². The molecule has 0 saturated heterocycles. The van der Waals surface area contributed by atoms with Crippen molar-refractivity contribution in [3.63, 3.8) is 0 Å². The molecule has 0 atom stereocenters. The summed E-state index contributed by atoms with van der Waals surface area (Å²) in [6.45, 7) is 1.65. The summed E-state index contributed by atoms with van der Waals surface area (Å²) >= 11 is 0. The van der Waals surface area contributed by atoms with Crippen LogP contribution >= 0.6 is 0 Å². The summed E-state index contributed by atoms with van der Waals surface area (Å²) in [6.07, 6.45) is 1.52. The second kappa shape index (κ2) is 6.44. The van der Waals surface area contributed by atoms with E-state index in [0.29, 0.717) is 0 Å². The van der Waals surface area contributed by atoms with Gasteiger partial charge in [0.25, 0.3) is 0 Å². The zero-order valence-corrected chi connectivity index (χ0v) is 12.9. The average Bonchev–Trinajstić information content (AvgIpc) is 3.29. The van der Waals surface area contributed by atoms with Gasteiger partial charge < -0.3 is 9.47 Å². The standard InChI is InChI=1S/C14H19NO5S/c1-3-20-14(16)10-15(11-8-9-11)21(17,18)13-7-5-4-6-12(13)19-2/h4-7,11H,3,8-10H2,1-2H3. The minimum absolute atomic E-state index is 0.0729. The van der Waals surface area contributed by atoms with E-state index in [1.54, 1.807) is 25.1 Å². The van der Waals surface area contributed by atoms with Crippen molar-refractivity contribution in [2.75, 3.05) is 20.3 Å². The highest BCUT2D eigenvalue weighted by atomic mass is 32.2. The molecule has 0 unspecified atom stereocenters. The number of sulfonamides is 1. The highest BCUT2D eigenvalue weighted by molar-refractivity contribution is 7.89. The highest BCUT2D eigenvalue weighted by Crippen LogP contribution is 2.34. The Labute approximate surface area is 124 Å². The van der Waals surface area contributed by atoms with Crippen LogP contribution in [0.15, 0.2) is 29.2 Å². The van der Waals surface area contributed by atoms with Crippen LogP contribution in [0.1, 0.15) is 19.8 Å². The van der Waals surface area contributed by atoms with E-state index < -0.39 is 16.0 Å². The maximum absolute atomic E-state index is 12.8. The van der Waals surface area contributed by atoms with Gasteiger partial charge in [0.05, 0.1) is 13.7 Å². The second-order valence-corrected chi connectivity index (χ2v) is 6.60. The predicted octanol–water partition coefficient (Wildman–Crippen LogP) is 1.41. The van der Waals surface area contributed by atoms with Crippen LogP contribution < -0.4 is 4.74 Å². The lowest BCUT2D eigenvalue weighted by atomic mass is 10.3. The molecule has 0 radical (unpaired) electrons. The van der Waals surface area contributed by atoms with E-state index in [9.17, 15) is 13.2 Å². The van der Waals surface area contributed by atoms with Gasteiger partial charge in [-0.15, -0.1) is 0 Å². The Morgan fingerprint density at radius 2 is 2.00 bits per heavy atom. The van der Waals surface area contributed by atoms with Gasteiger partial charge in [0, 0.05) is 6.04 Å². The SMILES string of the molecule is CCOC(=O)CN(C1CC1)S(=O)(=O)c1ccccc1OC. The van der Waals surface area contributed by atoms with Gasteiger partial charge in [0.15, 0.2) is 0 Å². The van der Waals surface area contributed by atoms with Crippen molar-refractivity contribution in [1.29, 1.82) is 0 Å². The second-order valence-electron chi connectivity index (χ2n) is 4.74. The van der Waals surface area contributed by atoms with Crippen molar-refractivity contribution >= 4 is 16.0 Å². The molecule has 0 N–H and O–H groups in total. The summed E-state index contributed by atoms with van der Waals surface area (Å²) in [7, 11) is -2.37. The van der Waals surface area contributed by atoms with E-state index in [0.717, 1.165) is 12.8 Å². The minimum atomic E-state index is -3.79. The smallest absolute Gasteiger partial charge is 0.321 e. The number of methoxy groups -OCH3 is 1. The first-order valence-corrected chi connectivity index (χ1v) is 8.25. The molecule has 1 saturated carbocycles. The number of rotatable bonds is 7. The van der Waals surface area contributed by atoms with Crippen LogP contribution in [0, 0.1) is 0 Å². The minimum Gasteiger partial charge on any atom is -0.495 e. The van der Waals surface area contributed by atoms with Crippen LogP contribution in [0.2, 0.25) is 0 Å². The normalized spacial score (nSPS) is 15.0. The Kier molecular flexibility index (Phi) is 4.84. The molecule has 1 fully saturated rings. The number of ether oxygens (including phenoxy) is 2. The summed E-state index contributed by atoms with van der Waals surface area (Å²) in [6, 6.07) is 6.26. The molecule has 7 heteroatoms. The first kappa shape index (κ1) is 15.8. The molecule has 21 heavy (non-hydrogen) atoms. The molecular weight excluding hydrogens is 294 g/mol. The van der Waals surface area contributed by atoms with Gasteiger partial charge in [-0.25, -0.2) is 8.42 Å². The summed E-state index contributed by atoms with van der Waals surface area (Å²) in [4.78, 5) is 11.7. The predicted molar refractivity (Wildman–Crippen MR) is 76.5 cm³/mol. The number of carbonyl (C=O) groups excluding carboxylic acids is 1. The average molecular weight is 313 g/mol. The van der Waals surface area contributed by atoms with Crippen LogP contribution in [-0.2, 0) is 19.6 Å². The lowest BCUT2D eigenvalue weighted by Crippen LogP contribution is -2.38. The Morgan fingerprint density at radius 3 is 2.57 bits per heavy atom. The lowest BCUT2D eigenvalue weighted by Gasteiger charge is -2.22. The van der Waals surface area contributed by atoms with E-state index in [-0.39, 0.29) is 29.8 Å². The molecule has 2 rings (SSSR count). The summed E-state index contributed by atoms with van der Waals surface area (Å²) in [5, 5.41) is 0. The quantitative estimate of drug-likeness (QED) is 0.712. The van der Waals surface area contributed by atoms with Crippen LogP contribution in [0.3, 0.4) is 0 Å². The first-order valence-electron chi connectivity index (χ1n) is 6.81. The Morgan fingerprint density at radius 1 is 1.33 bits per heavy atom. The Bertz CT molecular complexity index is 610. The van der Waals surface area contributed by atoms with Crippen molar-refractivity contribution in [1.82, 2.24) is 4.31 Å². The molecule has 0 spiro atoms. The molecule has 1 aromatic carbocycles. The number of benzene rings is 1. The Hall–Kier alpha value is -1.60. The lowest BCUT2D eigenvalue weighted by molar-refractivity contribution is -0.143. The molecule has 6 nitrogen and oxygen atoms in total. The molecule has 0 aromatic heterocycles. The third kappa shape index (κ3) is 3.54. The summed E-state index contributed by atoms with van der Waals surface area (Å²) in [5.74, 6) is -0.269. The first-order chi connectivity index (χ1) is 10.0.